The summed E-state index contributed by atoms with van der Waals surface area (Å²) < 4.78 is 32.0. The third-order valence-corrected chi connectivity index (χ3v) is 6.05. The highest BCUT2D eigenvalue weighted by Crippen LogP contribution is 2.25. The van der Waals surface area contributed by atoms with E-state index in [2.05, 4.69) is 15.0 Å². The van der Waals surface area contributed by atoms with E-state index >= 15 is 0 Å². The minimum Gasteiger partial charge on any atom is -0.497 e. The van der Waals surface area contributed by atoms with Gasteiger partial charge in [0.2, 0.25) is 10.0 Å². The average Bonchev–Trinajstić information content (AvgIpc) is 3.00. The van der Waals surface area contributed by atoms with Crippen LogP contribution >= 0.6 is 46.9 Å². The number of aliphatic imine (C=N–C) groups is 1. The fourth-order valence-electron chi connectivity index (χ4n) is 1.73. The molecule has 0 bridgehead atoms. The van der Waals surface area contributed by atoms with E-state index in [4.69, 9.17) is 22.1 Å². The first kappa shape index (κ1) is 22.0. The summed E-state index contributed by atoms with van der Waals surface area (Å²) in [6.07, 6.45) is 0. The van der Waals surface area contributed by atoms with Crippen molar-refractivity contribution in [1.82, 2.24) is 4.72 Å². The van der Waals surface area contributed by atoms with E-state index in [1.54, 1.807) is 31.4 Å². The minimum absolute atomic E-state index is 0. The highest BCUT2D eigenvalue weighted by molar-refractivity contribution is 14.0. The highest BCUT2D eigenvalue weighted by Gasteiger charge is 2.15. The topological polar surface area (TPSA) is 106 Å². The van der Waals surface area contributed by atoms with Crippen LogP contribution in [0.1, 0.15) is 0 Å². The molecule has 0 fully saturated rings. The van der Waals surface area contributed by atoms with Crippen molar-refractivity contribution < 1.29 is 13.2 Å². The van der Waals surface area contributed by atoms with E-state index in [9.17, 15) is 8.42 Å². The van der Waals surface area contributed by atoms with Gasteiger partial charge in [0.05, 0.1) is 18.0 Å². The lowest BCUT2D eigenvalue weighted by Gasteiger charge is -2.07. The summed E-state index contributed by atoms with van der Waals surface area (Å²) in [6.45, 7) is 0.330. The maximum atomic E-state index is 12.0. The summed E-state index contributed by atoms with van der Waals surface area (Å²) >= 11 is 6.73. The second-order valence-electron chi connectivity index (χ2n) is 4.58. The van der Waals surface area contributed by atoms with Gasteiger partial charge in [0, 0.05) is 12.2 Å². The number of sulfonamides is 1. The predicted molar refractivity (Wildman–Crippen MR) is 113 cm³/mol. The number of hydrogen-bond acceptors (Lipinski definition) is 5. The molecule has 1 aromatic heterocycles. The van der Waals surface area contributed by atoms with Crippen molar-refractivity contribution in [3.63, 3.8) is 0 Å². The van der Waals surface area contributed by atoms with Crippen molar-refractivity contribution in [2.45, 2.75) is 4.21 Å². The zero-order valence-corrected chi connectivity index (χ0v) is 17.9. The van der Waals surface area contributed by atoms with Crippen molar-refractivity contribution in [3.8, 4) is 5.75 Å². The Hall–Kier alpha value is -1.08. The van der Waals surface area contributed by atoms with Gasteiger partial charge in [0.15, 0.2) is 5.96 Å². The van der Waals surface area contributed by atoms with Crippen LogP contribution < -0.4 is 20.5 Å². The van der Waals surface area contributed by atoms with Crippen molar-refractivity contribution in [2.75, 3.05) is 25.5 Å². The highest BCUT2D eigenvalue weighted by atomic mass is 127. The first-order valence-corrected chi connectivity index (χ1v) is 9.54. The molecule has 0 amide bonds. The van der Waals surface area contributed by atoms with Crippen LogP contribution in [0, 0.1) is 0 Å². The number of hydrogen-bond donors (Lipinski definition) is 3. The van der Waals surface area contributed by atoms with Crippen molar-refractivity contribution in [3.05, 3.63) is 40.7 Å². The molecule has 7 nitrogen and oxygen atoms in total. The number of thiophene rings is 1. The Bertz CT molecular complexity index is 810. The van der Waals surface area contributed by atoms with Crippen molar-refractivity contribution in [1.29, 1.82) is 0 Å². The third-order valence-electron chi connectivity index (χ3n) is 2.86. The standard InChI is InChI=1S/C14H17ClN4O3S2.HI/c1-22-11-4-2-10(3-5-11)19-14(16)17-8-9-18-24(20,21)13-7-6-12(15)23-13;/h2-7,18H,8-9H2,1H3,(H3,16,17,19);1H. The molecule has 0 aliphatic heterocycles. The molecule has 138 valence electrons. The second kappa shape index (κ2) is 10.2. The van der Waals surface area contributed by atoms with E-state index in [-0.39, 0.29) is 47.2 Å². The van der Waals surface area contributed by atoms with E-state index < -0.39 is 10.0 Å². The Balaban J connectivity index is 0.00000312. The average molecular weight is 517 g/mol. The Labute approximate surface area is 172 Å². The van der Waals surface area contributed by atoms with Gasteiger partial charge in [-0.1, -0.05) is 11.6 Å². The maximum absolute atomic E-state index is 12.0. The number of nitrogens with one attached hydrogen (secondary N) is 2. The molecular weight excluding hydrogens is 499 g/mol. The zero-order valence-electron chi connectivity index (χ0n) is 13.2. The van der Waals surface area contributed by atoms with E-state index in [0.717, 1.165) is 22.8 Å². The molecule has 0 aliphatic rings. The molecule has 11 heteroatoms. The van der Waals surface area contributed by atoms with Gasteiger partial charge in [-0.25, -0.2) is 13.1 Å². The number of anilines is 1. The van der Waals surface area contributed by atoms with Crippen LogP contribution in [0.5, 0.6) is 5.75 Å². The van der Waals surface area contributed by atoms with Gasteiger partial charge in [-0.15, -0.1) is 35.3 Å². The molecule has 4 N–H and O–H groups in total. The fraction of sp³-hybridized carbons (Fsp3) is 0.214. The van der Waals surface area contributed by atoms with Crippen LogP contribution in [-0.2, 0) is 10.0 Å². The number of ether oxygens (including phenoxy) is 1. The Morgan fingerprint density at radius 3 is 2.52 bits per heavy atom. The summed E-state index contributed by atoms with van der Waals surface area (Å²) in [7, 11) is -1.98. The van der Waals surface area contributed by atoms with Gasteiger partial charge in [0.1, 0.15) is 9.96 Å². The van der Waals surface area contributed by atoms with Gasteiger partial charge >= 0.3 is 0 Å². The van der Waals surface area contributed by atoms with E-state index in [1.807, 2.05) is 0 Å². The summed E-state index contributed by atoms with van der Waals surface area (Å²) in [5.74, 6) is 0.928. The number of rotatable bonds is 7. The minimum atomic E-state index is -3.56. The SMILES string of the molecule is COc1ccc(NC(N)=NCCNS(=O)(=O)c2ccc(Cl)s2)cc1.I. The zero-order chi connectivity index (χ0) is 17.6. The molecular formula is C14H18ClIN4O3S2. The Morgan fingerprint density at radius 1 is 1.28 bits per heavy atom. The molecule has 0 unspecified atom stereocenters. The van der Waals surface area contributed by atoms with Crippen LogP contribution in [0.15, 0.2) is 45.6 Å². The van der Waals surface area contributed by atoms with Crippen LogP contribution in [0.3, 0.4) is 0 Å². The first-order chi connectivity index (χ1) is 11.4. The molecule has 1 aromatic carbocycles. The number of guanidine groups is 1. The van der Waals surface area contributed by atoms with E-state index in [0.29, 0.717) is 4.34 Å². The van der Waals surface area contributed by atoms with Gasteiger partial charge in [-0.3, -0.25) is 4.99 Å². The number of nitrogens with two attached hydrogens (primary N) is 1. The molecule has 0 radical (unpaired) electrons. The van der Waals surface area contributed by atoms with Gasteiger partial charge in [-0.2, -0.15) is 0 Å². The lowest BCUT2D eigenvalue weighted by Crippen LogP contribution is -2.28. The van der Waals surface area contributed by atoms with Gasteiger partial charge < -0.3 is 15.8 Å². The lowest BCUT2D eigenvalue weighted by atomic mass is 10.3. The van der Waals surface area contributed by atoms with Gasteiger partial charge in [0.25, 0.3) is 0 Å². The van der Waals surface area contributed by atoms with Crippen LogP contribution in [-0.4, -0.2) is 34.6 Å². The molecule has 25 heavy (non-hydrogen) atoms. The molecule has 0 spiro atoms. The van der Waals surface area contributed by atoms with E-state index in [1.165, 1.54) is 12.1 Å². The first-order valence-electron chi connectivity index (χ1n) is 6.87. The summed E-state index contributed by atoms with van der Waals surface area (Å²) in [5, 5.41) is 2.91. The fourth-order valence-corrected chi connectivity index (χ4v) is 4.28. The quantitative estimate of drug-likeness (QED) is 0.227. The number of methoxy groups -OCH3 is 1. The Morgan fingerprint density at radius 2 is 1.96 bits per heavy atom. The molecule has 2 aromatic rings. The van der Waals surface area contributed by atoms with Crippen LogP contribution in [0.25, 0.3) is 0 Å². The molecule has 0 saturated carbocycles. The molecule has 0 saturated heterocycles. The lowest BCUT2D eigenvalue weighted by molar-refractivity contribution is 0.415. The second-order valence-corrected chi connectivity index (χ2v) is 8.29. The molecule has 2 rings (SSSR count). The molecule has 1 heterocycles. The number of nitrogens with zero attached hydrogens (tertiary/aromatic N) is 1. The number of benzene rings is 1. The monoisotopic (exact) mass is 516 g/mol. The van der Waals surface area contributed by atoms with Crippen LogP contribution in [0.2, 0.25) is 4.34 Å². The Kier molecular flexibility index (Phi) is 8.93. The number of halogens is 2. The largest absolute Gasteiger partial charge is 0.497 e. The molecule has 0 atom stereocenters. The smallest absolute Gasteiger partial charge is 0.250 e. The van der Waals surface area contributed by atoms with Gasteiger partial charge in [-0.05, 0) is 36.4 Å². The predicted octanol–water partition coefficient (Wildman–Crippen LogP) is 2.73. The normalized spacial score (nSPS) is 11.7. The summed E-state index contributed by atoms with van der Waals surface area (Å²) in [5.41, 5.74) is 6.51. The van der Waals surface area contributed by atoms with Crippen molar-refractivity contribution >= 4 is 68.6 Å². The van der Waals surface area contributed by atoms with Crippen molar-refractivity contribution in [2.24, 2.45) is 10.7 Å². The summed E-state index contributed by atoms with van der Waals surface area (Å²) in [4.78, 5) is 4.07. The summed E-state index contributed by atoms with van der Waals surface area (Å²) in [6, 6.07) is 10.2. The van der Waals surface area contributed by atoms with Crippen LogP contribution in [0.4, 0.5) is 5.69 Å². The maximum Gasteiger partial charge on any atom is 0.250 e. The molecule has 0 aliphatic carbocycles. The third kappa shape index (κ3) is 6.98.